The summed E-state index contributed by atoms with van der Waals surface area (Å²) in [7, 11) is 0. The maximum absolute atomic E-state index is 11.8. The number of carbonyl (C=O) groups excluding carboxylic acids is 1. The van der Waals surface area contributed by atoms with Crippen LogP contribution in [0.4, 0.5) is 0 Å². The Morgan fingerprint density at radius 3 is 2.85 bits per heavy atom. The summed E-state index contributed by atoms with van der Waals surface area (Å²) in [5.41, 5.74) is 1.19. The lowest BCUT2D eigenvalue weighted by Gasteiger charge is -2.37. The molecule has 0 bridgehead atoms. The van der Waals surface area contributed by atoms with E-state index in [0.717, 1.165) is 32.2 Å². The lowest BCUT2D eigenvalue weighted by molar-refractivity contribution is -0.455. The zero-order valence-electron chi connectivity index (χ0n) is 12.0. The van der Waals surface area contributed by atoms with E-state index in [2.05, 4.69) is 24.4 Å². The Morgan fingerprint density at radius 1 is 1.40 bits per heavy atom. The van der Waals surface area contributed by atoms with Crippen molar-refractivity contribution in [2.45, 2.75) is 38.6 Å². The number of ether oxygens (including phenoxy) is 1. The van der Waals surface area contributed by atoms with E-state index in [1.807, 2.05) is 15.8 Å². The number of allylic oxidation sites excluding steroid dienone is 1. The van der Waals surface area contributed by atoms with Crippen LogP contribution >= 0.6 is 0 Å². The standard InChI is InChI=1S/C15H22N3O2/c1-12-8-16-17(9-12)10-13-2-4-14(5-3-13)18-6-7-20-11-15(18)19/h8-10,13-14H,2-7,11H2,1H3/q+1. The van der Waals surface area contributed by atoms with Gasteiger partial charge in [0, 0.05) is 24.1 Å². The van der Waals surface area contributed by atoms with Gasteiger partial charge in [0.1, 0.15) is 12.8 Å². The van der Waals surface area contributed by atoms with Crippen LogP contribution < -0.4 is 0 Å². The molecule has 0 unspecified atom stereocenters. The molecule has 2 heterocycles. The number of hydrogen-bond acceptors (Lipinski definition) is 3. The molecule has 2 fully saturated rings. The Kier molecular flexibility index (Phi) is 3.96. The van der Waals surface area contributed by atoms with Crippen molar-refractivity contribution in [3.05, 3.63) is 11.8 Å². The number of morpholine rings is 1. The average Bonchev–Trinajstić information content (AvgIpc) is 2.86. The molecule has 2 aliphatic heterocycles. The smallest absolute Gasteiger partial charge is 0.248 e. The normalized spacial score (nSPS) is 32.9. The van der Waals surface area contributed by atoms with Crippen molar-refractivity contribution in [2.75, 3.05) is 19.8 Å². The van der Waals surface area contributed by atoms with Gasteiger partial charge in [0.2, 0.25) is 12.1 Å². The van der Waals surface area contributed by atoms with Gasteiger partial charge in [-0.3, -0.25) is 4.79 Å². The summed E-state index contributed by atoms with van der Waals surface area (Å²) in [5, 5.41) is 4.31. The Bertz CT molecular complexity index is 474. The third kappa shape index (κ3) is 2.98. The van der Waals surface area contributed by atoms with Crippen LogP contribution in [0.15, 0.2) is 16.9 Å². The molecule has 1 saturated heterocycles. The molecule has 20 heavy (non-hydrogen) atoms. The van der Waals surface area contributed by atoms with Gasteiger partial charge in [0.15, 0.2) is 6.21 Å². The molecule has 0 aromatic rings. The first-order chi connectivity index (χ1) is 9.72. The number of hydrazone groups is 1. The SMILES string of the molecule is CC1=C[N+](=CC2CCC(N3CCOCC3=O)CC2)N=C1. The van der Waals surface area contributed by atoms with Crippen molar-refractivity contribution in [3.63, 3.8) is 0 Å². The highest BCUT2D eigenvalue weighted by atomic mass is 16.5. The summed E-state index contributed by atoms with van der Waals surface area (Å²) in [4.78, 5) is 13.9. The van der Waals surface area contributed by atoms with E-state index in [9.17, 15) is 4.79 Å². The first kappa shape index (κ1) is 13.5. The molecule has 0 N–H and O–H groups in total. The monoisotopic (exact) mass is 276 g/mol. The number of carbonyl (C=O) groups is 1. The topological polar surface area (TPSA) is 44.9 Å². The van der Waals surface area contributed by atoms with Gasteiger partial charge in [0.25, 0.3) is 0 Å². The largest absolute Gasteiger partial charge is 0.370 e. The van der Waals surface area contributed by atoms with Crippen LogP contribution in [0, 0.1) is 5.92 Å². The first-order valence-corrected chi connectivity index (χ1v) is 7.45. The molecule has 0 radical (unpaired) electrons. The predicted octanol–water partition coefficient (Wildman–Crippen LogP) is 1.39. The number of hydrogen-bond donors (Lipinski definition) is 0. The van der Waals surface area contributed by atoms with Crippen LogP contribution in [-0.4, -0.2) is 53.7 Å². The van der Waals surface area contributed by atoms with Crippen molar-refractivity contribution >= 4 is 18.3 Å². The zero-order valence-corrected chi connectivity index (χ0v) is 12.0. The second kappa shape index (κ2) is 5.87. The van der Waals surface area contributed by atoms with Crippen LogP contribution in [0.5, 0.6) is 0 Å². The van der Waals surface area contributed by atoms with Crippen LogP contribution in [0.2, 0.25) is 0 Å². The van der Waals surface area contributed by atoms with Gasteiger partial charge in [-0.05, 0) is 37.7 Å². The molecule has 1 amide bonds. The fourth-order valence-electron chi connectivity index (χ4n) is 3.21. The van der Waals surface area contributed by atoms with Gasteiger partial charge in [0.05, 0.1) is 6.61 Å². The lowest BCUT2D eigenvalue weighted by atomic mass is 9.86. The Morgan fingerprint density at radius 2 is 2.20 bits per heavy atom. The van der Waals surface area contributed by atoms with Crippen molar-refractivity contribution in [1.29, 1.82) is 0 Å². The van der Waals surface area contributed by atoms with Crippen molar-refractivity contribution in [1.82, 2.24) is 4.90 Å². The van der Waals surface area contributed by atoms with E-state index in [-0.39, 0.29) is 12.5 Å². The van der Waals surface area contributed by atoms with E-state index in [1.165, 1.54) is 5.57 Å². The van der Waals surface area contributed by atoms with E-state index in [1.54, 1.807) is 0 Å². The minimum Gasteiger partial charge on any atom is -0.370 e. The molecular weight excluding hydrogens is 254 g/mol. The highest BCUT2D eigenvalue weighted by Crippen LogP contribution is 2.27. The predicted molar refractivity (Wildman–Crippen MR) is 76.9 cm³/mol. The van der Waals surface area contributed by atoms with Crippen LogP contribution in [0.3, 0.4) is 0 Å². The molecule has 0 atom stereocenters. The highest BCUT2D eigenvalue weighted by Gasteiger charge is 2.31. The minimum absolute atomic E-state index is 0.159. The summed E-state index contributed by atoms with van der Waals surface area (Å²) in [5.74, 6) is 0.730. The summed E-state index contributed by atoms with van der Waals surface area (Å²) >= 11 is 0. The molecule has 0 aromatic heterocycles. The van der Waals surface area contributed by atoms with Crippen molar-refractivity contribution in [3.8, 4) is 0 Å². The maximum Gasteiger partial charge on any atom is 0.248 e. The van der Waals surface area contributed by atoms with Crippen LogP contribution in [0.1, 0.15) is 32.6 Å². The Hall–Kier alpha value is -1.49. The minimum atomic E-state index is 0.159. The van der Waals surface area contributed by atoms with Gasteiger partial charge < -0.3 is 9.64 Å². The third-order valence-corrected chi connectivity index (χ3v) is 4.30. The van der Waals surface area contributed by atoms with E-state index in [0.29, 0.717) is 18.6 Å². The van der Waals surface area contributed by atoms with Gasteiger partial charge >= 0.3 is 0 Å². The molecule has 3 rings (SSSR count). The van der Waals surface area contributed by atoms with E-state index >= 15 is 0 Å². The first-order valence-electron chi connectivity index (χ1n) is 7.45. The molecule has 3 aliphatic rings. The van der Waals surface area contributed by atoms with Gasteiger partial charge in [-0.25, -0.2) is 0 Å². The second-order valence-corrected chi connectivity index (χ2v) is 5.86. The Balaban J connectivity index is 1.54. The van der Waals surface area contributed by atoms with Crippen molar-refractivity contribution < 1.29 is 14.2 Å². The van der Waals surface area contributed by atoms with Gasteiger partial charge in [-0.15, -0.1) is 0 Å². The molecule has 1 saturated carbocycles. The van der Waals surface area contributed by atoms with Crippen LogP contribution in [0.25, 0.3) is 0 Å². The highest BCUT2D eigenvalue weighted by molar-refractivity contribution is 5.79. The average molecular weight is 276 g/mol. The summed E-state index contributed by atoms with van der Waals surface area (Å²) in [6.45, 7) is 3.76. The number of nitrogens with zero attached hydrogens (tertiary/aromatic N) is 3. The summed E-state index contributed by atoms with van der Waals surface area (Å²) in [6, 6.07) is 0.412. The Labute approximate surface area is 119 Å². The second-order valence-electron chi connectivity index (χ2n) is 5.86. The van der Waals surface area contributed by atoms with Gasteiger partial charge in [-0.2, -0.15) is 0 Å². The number of rotatable bonds is 2. The molecule has 1 aliphatic carbocycles. The van der Waals surface area contributed by atoms with Gasteiger partial charge in [-0.1, -0.05) is 4.68 Å². The number of amides is 1. The van der Waals surface area contributed by atoms with Crippen LogP contribution in [-0.2, 0) is 9.53 Å². The molecule has 0 spiro atoms. The zero-order chi connectivity index (χ0) is 13.9. The maximum atomic E-state index is 11.8. The molecule has 5 nitrogen and oxygen atoms in total. The lowest BCUT2D eigenvalue weighted by Crippen LogP contribution is -2.49. The molecule has 108 valence electrons. The fourth-order valence-corrected chi connectivity index (χ4v) is 3.21. The fraction of sp³-hybridized carbons (Fsp3) is 0.667. The third-order valence-electron chi connectivity index (χ3n) is 4.30. The quantitative estimate of drug-likeness (QED) is 0.715. The summed E-state index contributed by atoms with van der Waals surface area (Å²) in [6.07, 6.45) is 10.6. The van der Waals surface area contributed by atoms with E-state index in [4.69, 9.17) is 4.74 Å². The summed E-state index contributed by atoms with van der Waals surface area (Å²) < 4.78 is 7.13. The van der Waals surface area contributed by atoms with E-state index < -0.39 is 0 Å². The van der Waals surface area contributed by atoms with Crippen molar-refractivity contribution in [2.24, 2.45) is 11.0 Å². The molecular formula is C15H22N3O2+. The molecule has 0 aromatic carbocycles. The molecule has 5 heteroatoms.